The molecular weight excluding hydrogens is 258 g/mol. The Labute approximate surface area is 129 Å². The normalized spacial score (nSPS) is 28.8. The van der Waals surface area contributed by atoms with Crippen LogP contribution >= 0.6 is 0 Å². The third kappa shape index (κ3) is 3.26. The molecule has 2 saturated carbocycles. The second-order valence-corrected chi connectivity index (χ2v) is 6.63. The third-order valence-corrected chi connectivity index (χ3v) is 5.25. The Morgan fingerprint density at radius 1 is 1.19 bits per heavy atom. The Balaban J connectivity index is 1.77. The lowest BCUT2D eigenvalue weighted by molar-refractivity contribution is 0.338. The summed E-state index contributed by atoms with van der Waals surface area (Å²) in [4.78, 5) is 0. The minimum atomic E-state index is 0.526. The molecule has 2 fully saturated rings. The molecule has 116 valence electrons. The summed E-state index contributed by atoms with van der Waals surface area (Å²) in [6.07, 6.45) is 6.98. The molecule has 1 aromatic rings. The molecule has 2 aliphatic rings. The van der Waals surface area contributed by atoms with E-state index in [4.69, 9.17) is 4.74 Å². The number of hydrogen-bond acceptors (Lipinski definition) is 2. The Bertz CT molecular complexity index is 447. The van der Waals surface area contributed by atoms with Crippen LogP contribution < -0.4 is 10.1 Å². The monoisotopic (exact) mass is 287 g/mol. The first-order valence-electron chi connectivity index (χ1n) is 8.81. The largest absolute Gasteiger partial charge is 0.494 e. The predicted octanol–water partition coefficient (Wildman–Crippen LogP) is 4.56. The van der Waals surface area contributed by atoms with E-state index in [1.807, 2.05) is 0 Å². The first-order chi connectivity index (χ1) is 10.3. The van der Waals surface area contributed by atoms with Crippen molar-refractivity contribution < 1.29 is 4.74 Å². The molecule has 0 saturated heterocycles. The van der Waals surface area contributed by atoms with Gasteiger partial charge in [-0.1, -0.05) is 31.9 Å². The zero-order valence-corrected chi connectivity index (χ0v) is 13.5. The number of fused-ring (bicyclic) bond motifs is 1. The molecular formula is C19H29NO. The number of nitrogens with one attached hydrogen (secondary N) is 1. The van der Waals surface area contributed by atoms with Gasteiger partial charge in [0.1, 0.15) is 5.75 Å². The molecule has 0 amide bonds. The first kappa shape index (κ1) is 14.9. The molecule has 0 spiro atoms. The highest BCUT2D eigenvalue weighted by molar-refractivity contribution is 5.32. The van der Waals surface area contributed by atoms with Crippen LogP contribution in [0, 0.1) is 17.8 Å². The molecule has 2 nitrogen and oxygen atoms in total. The molecule has 2 aliphatic carbocycles. The van der Waals surface area contributed by atoms with Gasteiger partial charge in [-0.05, 0) is 68.2 Å². The summed E-state index contributed by atoms with van der Waals surface area (Å²) in [7, 11) is 0. The molecule has 3 rings (SSSR count). The van der Waals surface area contributed by atoms with Crippen molar-refractivity contribution in [2.45, 2.75) is 52.0 Å². The van der Waals surface area contributed by atoms with Crippen LogP contribution in [-0.4, -0.2) is 13.2 Å². The quantitative estimate of drug-likeness (QED) is 0.793. The van der Waals surface area contributed by atoms with Gasteiger partial charge in [0.2, 0.25) is 0 Å². The fraction of sp³-hybridized carbons (Fsp3) is 0.684. The van der Waals surface area contributed by atoms with Crippen LogP contribution in [0.3, 0.4) is 0 Å². The van der Waals surface area contributed by atoms with Gasteiger partial charge in [-0.2, -0.15) is 0 Å². The smallest absolute Gasteiger partial charge is 0.119 e. The minimum Gasteiger partial charge on any atom is -0.494 e. The van der Waals surface area contributed by atoms with Crippen LogP contribution in [-0.2, 0) is 0 Å². The molecule has 0 radical (unpaired) electrons. The average Bonchev–Trinajstić information content (AvgIpc) is 3.23. The zero-order chi connectivity index (χ0) is 14.7. The standard InChI is InChI=1S/C19H29NO/c1-3-12-20-19(18-16-10-5-6-11-17(16)18)14-8-7-9-15(13-14)21-4-2/h7-9,13,16-20H,3-6,10-12H2,1-2H3. The maximum Gasteiger partial charge on any atom is 0.119 e. The van der Waals surface area contributed by atoms with Gasteiger partial charge in [-0.15, -0.1) is 0 Å². The summed E-state index contributed by atoms with van der Waals surface area (Å²) in [5, 5.41) is 3.82. The van der Waals surface area contributed by atoms with E-state index in [-0.39, 0.29) is 0 Å². The summed E-state index contributed by atoms with van der Waals surface area (Å²) >= 11 is 0. The van der Waals surface area contributed by atoms with E-state index in [1.54, 1.807) is 0 Å². The lowest BCUT2D eigenvalue weighted by Crippen LogP contribution is -2.25. The minimum absolute atomic E-state index is 0.526. The van der Waals surface area contributed by atoms with Crippen LogP contribution in [0.2, 0.25) is 0 Å². The van der Waals surface area contributed by atoms with Gasteiger partial charge in [-0.25, -0.2) is 0 Å². The van der Waals surface area contributed by atoms with E-state index < -0.39 is 0 Å². The maximum atomic E-state index is 5.69. The van der Waals surface area contributed by atoms with Crippen molar-refractivity contribution in [3.8, 4) is 5.75 Å². The number of ether oxygens (including phenoxy) is 1. The van der Waals surface area contributed by atoms with Crippen LogP contribution in [0.25, 0.3) is 0 Å². The maximum absolute atomic E-state index is 5.69. The van der Waals surface area contributed by atoms with Gasteiger partial charge in [0, 0.05) is 6.04 Å². The molecule has 1 aromatic carbocycles. The molecule has 2 heteroatoms. The highest BCUT2D eigenvalue weighted by Gasteiger charge is 2.54. The van der Waals surface area contributed by atoms with Gasteiger partial charge in [0.05, 0.1) is 6.61 Å². The zero-order valence-electron chi connectivity index (χ0n) is 13.5. The van der Waals surface area contributed by atoms with Crippen molar-refractivity contribution in [3.63, 3.8) is 0 Å². The van der Waals surface area contributed by atoms with Crippen molar-refractivity contribution >= 4 is 0 Å². The van der Waals surface area contributed by atoms with Crippen LogP contribution in [0.5, 0.6) is 5.75 Å². The van der Waals surface area contributed by atoms with Crippen LogP contribution in [0.1, 0.15) is 57.6 Å². The number of hydrogen-bond donors (Lipinski definition) is 1. The second kappa shape index (κ2) is 6.83. The molecule has 0 heterocycles. The predicted molar refractivity (Wildman–Crippen MR) is 87.6 cm³/mol. The van der Waals surface area contributed by atoms with Crippen LogP contribution in [0.15, 0.2) is 24.3 Å². The second-order valence-electron chi connectivity index (χ2n) is 6.63. The number of rotatable bonds is 7. The number of benzene rings is 1. The first-order valence-corrected chi connectivity index (χ1v) is 8.81. The molecule has 0 aliphatic heterocycles. The van der Waals surface area contributed by atoms with E-state index in [0.717, 1.165) is 36.7 Å². The molecule has 21 heavy (non-hydrogen) atoms. The van der Waals surface area contributed by atoms with E-state index >= 15 is 0 Å². The Morgan fingerprint density at radius 3 is 2.62 bits per heavy atom. The van der Waals surface area contributed by atoms with Crippen molar-refractivity contribution in [1.29, 1.82) is 0 Å². The molecule has 1 N–H and O–H groups in total. The highest BCUT2D eigenvalue weighted by atomic mass is 16.5. The van der Waals surface area contributed by atoms with Gasteiger partial charge >= 0.3 is 0 Å². The summed E-state index contributed by atoms with van der Waals surface area (Å²) in [5.41, 5.74) is 1.42. The van der Waals surface area contributed by atoms with Crippen molar-refractivity contribution in [3.05, 3.63) is 29.8 Å². The van der Waals surface area contributed by atoms with Crippen LogP contribution in [0.4, 0.5) is 0 Å². The Morgan fingerprint density at radius 2 is 1.95 bits per heavy atom. The van der Waals surface area contributed by atoms with Crippen molar-refractivity contribution in [1.82, 2.24) is 5.32 Å². The average molecular weight is 287 g/mol. The summed E-state index contributed by atoms with van der Waals surface area (Å²) in [6.45, 7) is 6.15. The summed E-state index contributed by atoms with van der Waals surface area (Å²) < 4.78 is 5.69. The summed E-state index contributed by atoms with van der Waals surface area (Å²) in [5.74, 6) is 3.82. The van der Waals surface area contributed by atoms with E-state index in [9.17, 15) is 0 Å². The summed E-state index contributed by atoms with van der Waals surface area (Å²) in [6, 6.07) is 9.27. The van der Waals surface area contributed by atoms with Gasteiger partial charge in [0.15, 0.2) is 0 Å². The lowest BCUT2D eigenvalue weighted by Gasteiger charge is -2.20. The Hall–Kier alpha value is -1.02. The van der Waals surface area contributed by atoms with E-state index in [0.29, 0.717) is 6.04 Å². The fourth-order valence-corrected chi connectivity index (χ4v) is 4.28. The fourth-order valence-electron chi connectivity index (χ4n) is 4.28. The topological polar surface area (TPSA) is 21.3 Å². The van der Waals surface area contributed by atoms with Gasteiger partial charge in [0.25, 0.3) is 0 Å². The Kier molecular flexibility index (Phi) is 4.84. The lowest BCUT2D eigenvalue weighted by atomic mass is 9.99. The molecule has 0 bridgehead atoms. The molecule has 3 atom stereocenters. The van der Waals surface area contributed by atoms with E-state index in [1.165, 1.54) is 37.7 Å². The van der Waals surface area contributed by atoms with Gasteiger partial charge in [-0.3, -0.25) is 0 Å². The van der Waals surface area contributed by atoms with Gasteiger partial charge < -0.3 is 10.1 Å². The third-order valence-electron chi connectivity index (χ3n) is 5.25. The van der Waals surface area contributed by atoms with Crippen molar-refractivity contribution in [2.24, 2.45) is 17.8 Å². The SMILES string of the molecule is CCCNC(c1cccc(OCC)c1)C1C2CCCCC21. The molecule has 0 aromatic heterocycles. The van der Waals surface area contributed by atoms with Crippen molar-refractivity contribution in [2.75, 3.05) is 13.2 Å². The van der Waals surface area contributed by atoms with E-state index in [2.05, 4.69) is 43.4 Å². The highest BCUT2D eigenvalue weighted by Crippen LogP contribution is 2.60. The molecule has 3 unspecified atom stereocenters.